The predicted molar refractivity (Wildman–Crippen MR) is 47.0 cm³/mol. The van der Waals surface area contributed by atoms with E-state index in [4.69, 9.17) is 5.73 Å². The minimum atomic E-state index is 0.0225. The van der Waals surface area contributed by atoms with Gasteiger partial charge in [-0.3, -0.25) is 0 Å². The molecule has 1 aromatic heterocycles. The Hall–Kier alpha value is -0.480. The molecule has 0 amide bonds. The maximum Gasteiger partial charge on any atom is 0.196 e. The molecule has 0 saturated heterocycles. The minimum Gasteiger partial charge on any atom is -0.323 e. The molecule has 0 aliphatic rings. The van der Waals surface area contributed by atoms with Crippen LogP contribution in [-0.4, -0.2) is 9.97 Å². The number of hydrogen-bond acceptors (Lipinski definition) is 3. The fourth-order valence-electron chi connectivity index (χ4n) is 0.763. The summed E-state index contributed by atoms with van der Waals surface area (Å²) in [4.78, 5) is 8.03. The average molecular weight is 216 g/mol. The van der Waals surface area contributed by atoms with Gasteiger partial charge in [-0.25, -0.2) is 9.97 Å². The number of hydrogen-bond donors (Lipinski definition) is 1. The molecule has 0 aliphatic heterocycles. The molecule has 0 radical (unpaired) electrons. The van der Waals surface area contributed by atoms with E-state index in [0.29, 0.717) is 4.73 Å². The molecule has 0 spiro atoms. The molecule has 4 heteroatoms. The Balaban J connectivity index is 2.86. The summed E-state index contributed by atoms with van der Waals surface area (Å²) in [5.74, 6) is 0. The van der Waals surface area contributed by atoms with Crippen molar-refractivity contribution < 1.29 is 0 Å². The van der Waals surface area contributed by atoms with Crippen LogP contribution in [0, 0.1) is 0 Å². The third-order valence-electron chi connectivity index (χ3n) is 1.47. The zero-order valence-corrected chi connectivity index (χ0v) is 7.87. The van der Waals surface area contributed by atoms with Crippen molar-refractivity contribution in [3.63, 3.8) is 0 Å². The highest BCUT2D eigenvalue weighted by molar-refractivity contribution is 9.10. The summed E-state index contributed by atoms with van der Waals surface area (Å²) in [6, 6.07) is 1.85. The highest BCUT2D eigenvalue weighted by atomic mass is 79.9. The van der Waals surface area contributed by atoms with Crippen molar-refractivity contribution in [2.45, 2.75) is 19.4 Å². The summed E-state index contributed by atoms with van der Waals surface area (Å²) in [5, 5.41) is 0. The van der Waals surface area contributed by atoms with Crippen LogP contribution in [0.15, 0.2) is 17.0 Å². The molecule has 0 aliphatic carbocycles. The van der Waals surface area contributed by atoms with Crippen molar-refractivity contribution in [3.8, 4) is 0 Å². The van der Waals surface area contributed by atoms with Gasteiger partial charge in [0.15, 0.2) is 4.73 Å². The van der Waals surface area contributed by atoms with Crippen LogP contribution in [0.2, 0.25) is 0 Å². The second-order valence-electron chi connectivity index (χ2n) is 2.27. The van der Waals surface area contributed by atoms with Gasteiger partial charge >= 0.3 is 0 Å². The van der Waals surface area contributed by atoms with Crippen LogP contribution in [0.5, 0.6) is 0 Å². The van der Waals surface area contributed by atoms with Gasteiger partial charge in [0.05, 0.1) is 5.69 Å². The molecule has 60 valence electrons. The number of rotatable bonds is 2. The minimum absolute atomic E-state index is 0.0225. The van der Waals surface area contributed by atoms with Gasteiger partial charge in [0.1, 0.15) is 0 Å². The summed E-state index contributed by atoms with van der Waals surface area (Å²) in [7, 11) is 0. The standard InChI is InChI=1S/C7H10BrN3/c1-2-5(9)6-3-4-10-7(8)11-6/h3-5H,2,9H2,1H3. The lowest BCUT2D eigenvalue weighted by atomic mass is 10.2. The molecule has 1 unspecified atom stereocenters. The Bertz CT molecular complexity index is 239. The highest BCUT2D eigenvalue weighted by Crippen LogP contribution is 2.11. The molecule has 0 fully saturated rings. The Morgan fingerprint density at radius 1 is 1.73 bits per heavy atom. The summed E-state index contributed by atoms with van der Waals surface area (Å²) in [6.45, 7) is 2.03. The fraction of sp³-hybridized carbons (Fsp3) is 0.429. The maximum absolute atomic E-state index is 5.75. The largest absolute Gasteiger partial charge is 0.323 e. The molecule has 0 aromatic carbocycles. The van der Waals surface area contributed by atoms with E-state index in [0.717, 1.165) is 12.1 Å². The molecule has 11 heavy (non-hydrogen) atoms. The Kier molecular flexibility index (Phi) is 2.96. The van der Waals surface area contributed by atoms with E-state index in [1.165, 1.54) is 0 Å². The molecule has 1 atom stereocenters. The third kappa shape index (κ3) is 2.24. The lowest BCUT2D eigenvalue weighted by molar-refractivity contribution is 0.669. The monoisotopic (exact) mass is 215 g/mol. The Labute approximate surface area is 74.2 Å². The second kappa shape index (κ2) is 3.78. The molecule has 0 bridgehead atoms. The first kappa shape index (κ1) is 8.62. The van der Waals surface area contributed by atoms with E-state index in [9.17, 15) is 0 Å². The number of aromatic nitrogens is 2. The molecule has 2 N–H and O–H groups in total. The summed E-state index contributed by atoms with van der Waals surface area (Å²) >= 11 is 3.18. The number of nitrogens with two attached hydrogens (primary N) is 1. The van der Waals surface area contributed by atoms with Gasteiger partial charge in [-0.15, -0.1) is 0 Å². The average Bonchev–Trinajstić information content (AvgIpc) is 2.03. The SMILES string of the molecule is CCC(N)c1ccnc(Br)n1. The van der Waals surface area contributed by atoms with E-state index >= 15 is 0 Å². The highest BCUT2D eigenvalue weighted by Gasteiger charge is 2.04. The van der Waals surface area contributed by atoms with Crippen molar-refractivity contribution in [1.29, 1.82) is 0 Å². The van der Waals surface area contributed by atoms with Gasteiger partial charge in [-0.05, 0) is 28.4 Å². The van der Waals surface area contributed by atoms with Crippen molar-refractivity contribution in [3.05, 3.63) is 22.7 Å². The van der Waals surface area contributed by atoms with Gasteiger partial charge in [0.25, 0.3) is 0 Å². The number of nitrogens with zero attached hydrogens (tertiary/aromatic N) is 2. The van der Waals surface area contributed by atoms with Crippen molar-refractivity contribution in [2.24, 2.45) is 5.73 Å². The molecular weight excluding hydrogens is 206 g/mol. The van der Waals surface area contributed by atoms with E-state index in [-0.39, 0.29) is 6.04 Å². The third-order valence-corrected chi connectivity index (χ3v) is 1.85. The van der Waals surface area contributed by atoms with Crippen LogP contribution in [0.4, 0.5) is 0 Å². The smallest absolute Gasteiger partial charge is 0.196 e. The van der Waals surface area contributed by atoms with Crippen molar-refractivity contribution in [2.75, 3.05) is 0 Å². The van der Waals surface area contributed by atoms with Crippen LogP contribution in [-0.2, 0) is 0 Å². The van der Waals surface area contributed by atoms with E-state index in [1.54, 1.807) is 6.20 Å². The van der Waals surface area contributed by atoms with Crippen LogP contribution < -0.4 is 5.73 Å². The number of halogens is 1. The molecule has 3 nitrogen and oxygen atoms in total. The fourth-order valence-corrected chi connectivity index (χ4v) is 1.09. The quantitative estimate of drug-likeness (QED) is 0.764. The van der Waals surface area contributed by atoms with Crippen molar-refractivity contribution >= 4 is 15.9 Å². The van der Waals surface area contributed by atoms with Gasteiger partial charge in [-0.2, -0.15) is 0 Å². The Morgan fingerprint density at radius 3 is 3.00 bits per heavy atom. The lowest BCUT2D eigenvalue weighted by Gasteiger charge is -2.06. The predicted octanol–water partition coefficient (Wildman–Crippen LogP) is 1.65. The molecular formula is C7H10BrN3. The normalized spacial score (nSPS) is 13.0. The van der Waals surface area contributed by atoms with Crippen LogP contribution in [0.1, 0.15) is 25.1 Å². The molecule has 0 saturated carbocycles. The maximum atomic E-state index is 5.75. The van der Waals surface area contributed by atoms with Crippen LogP contribution >= 0.6 is 15.9 Å². The molecule has 1 aromatic rings. The van der Waals surface area contributed by atoms with Gasteiger partial charge in [0, 0.05) is 12.2 Å². The van der Waals surface area contributed by atoms with Gasteiger partial charge < -0.3 is 5.73 Å². The molecule has 1 rings (SSSR count). The second-order valence-corrected chi connectivity index (χ2v) is 2.97. The zero-order chi connectivity index (χ0) is 8.27. The first-order chi connectivity index (χ1) is 5.24. The van der Waals surface area contributed by atoms with E-state index in [2.05, 4.69) is 25.9 Å². The topological polar surface area (TPSA) is 51.8 Å². The lowest BCUT2D eigenvalue weighted by Crippen LogP contribution is -2.10. The van der Waals surface area contributed by atoms with Gasteiger partial charge in [-0.1, -0.05) is 6.92 Å². The van der Waals surface area contributed by atoms with Crippen molar-refractivity contribution in [1.82, 2.24) is 9.97 Å². The van der Waals surface area contributed by atoms with Crippen LogP contribution in [0.25, 0.3) is 0 Å². The first-order valence-corrected chi connectivity index (χ1v) is 4.27. The molecule has 1 heterocycles. The Morgan fingerprint density at radius 2 is 2.45 bits per heavy atom. The van der Waals surface area contributed by atoms with Gasteiger partial charge in [0.2, 0.25) is 0 Å². The zero-order valence-electron chi connectivity index (χ0n) is 6.29. The first-order valence-electron chi connectivity index (χ1n) is 3.48. The van der Waals surface area contributed by atoms with E-state index < -0.39 is 0 Å². The van der Waals surface area contributed by atoms with E-state index in [1.807, 2.05) is 13.0 Å². The summed E-state index contributed by atoms with van der Waals surface area (Å²) in [5.41, 5.74) is 6.64. The summed E-state index contributed by atoms with van der Waals surface area (Å²) in [6.07, 6.45) is 2.59. The van der Waals surface area contributed by atoms with Crippen LogP contribution in [0.3, 0.4) is 0 Å². The summed E-state index contributed by atoms with van der Waals surface area (Å²) < 4.78 is 0.596.